The fraction of sp³-hybridized carbons (Fsp3) is 0.783. The van der Waals surface area contributed by atoms with Gasteiger partial charge in [0.2, 0.25) is 5.95 Å². The lowest BCUT2D eigenvalue weighted by Crippen LogP contribution is -2.49. The second-order valence-electron chi connectivity index (χ2n) is 8.65. The minimum atomic E-state index is 0. The summed E-state index contributed by atoms with van der Waals surface area (Å²) in [5, 5.41) is 6.97. The van der Waals surface area contributed by atoms with Crippen molar-refractivity contribution in [1.29, 1.82) is 0 Å². The van der Waals surface area contributed by atoms with Crippen molar-refractivity contribution in [3.63, 3.8) is 0 Å². The highest BCUT2D eigenvalue weighted by Gasteiger charge is 2.33. The van der Waals surface area contributed by atoms with E-state index in [2.05, 4.69) is 44.2 Å². The molecular weight excluding hydrogens is 517 g/mol. The summed E-state index contributed by atoms with van der Waals surface area (Å²) < 4.78 is 5.65. The van der Waals surface area contributed by atoms with Crippen LogP contribution in [0.3, 0.4) is 0 Å². The molecule has 9 heteroatoms. The molecule has 1 aliphatic heterocycles. The van der Waals surface area contributed by atoms with Gasteiger partial charge in [-0.3, -0.25) is 9.89 Å². The van der Waals surface area contributed by atoms with Gasteiger partial charge in [0.25, 0.3) is 0 Å². The molecule has 8 nitrogen and oxygen atoms in total. The lowest BCUT2D eigenvalue weighted by atomic mass is 9.83. The number of hydrogen-bond donors (Lipinski definition) is 2. The Morgan fingerprint density at radius 3 is 2.47 bits per heavy atom. The first kappa shape index (κ1) is 27.0. The van der Waals surface area contributed by atoms with Crippen LogP contribution >= 0.6 is 24.0 Å². The molecule has 1 aliphatic carbocycles. The molecule has 0 amide bonds. The van der Waals surface area contributed by atoms with Gasteiger partial charge in [-0.1, -0.05) is 12.8 Å². The van der Waals surface area contributed by atoms with E-state index in [0.29, 0.717) is 5.41 Å². The molecule has 0 bridgehead atoms. The molecule has 2 aliphatic rings. The summed E-state index contributed by atoms with van der Waals surface area (Å²) in [5.74, 6) is 1.79. The molecule has 182 valence electrons. The predicted octanol–water partition coefficient (Wildman–Crippen LogP) is 2.76. The molecule has 2 N–H and O–H groups in total. The Kier molecular flexibility index (Phi) is 12.6. The van der Waals surface area contributed by atoms with E-state index in [1.54, 1.807) is 0 Å². The van der Waals surface area contributed by atoms with Crippen molar-refractivity contribution in [3.8, 4) is 0 Å². The molecule has 0 spiro atoms. The van der Waals surface area contributed by atoms with Crippen molar-refractivity contribution in [3.05, 3.63) is 18.5 Å². The van der Waals surface area contributed by atoms with Crippen LogP contribution in [0.4, 0.5) is 5.95 Å². The average Bonchev–Trinajstić information content (AvgIpc) is 3.28. The van der Waals surface area contributed by atoms with E-state index in [4.69, 9.17) is 9.73 Å². The summed E-state index contributed by atoms with van der Waals surface area (Å²) in [7, 11) is 0. The number of guanidine groups is 1. The number of halogens is 1. The molecule has 2 heterocycles. The quantitative estimate of drug-likeness (QED) is 0.187. The van der Waals surface area contributed by atoms with Crippen LogP contribution in [0.1, 0.15) is 46.0 Å². The van der Waals surface area contributed by atoms with E-state index in [9.17, 15) is 0 Å². The second-order valence-corrected chi connectivity index (χ2v) is 8.65. The average molecular weight is 560 g/mol. The van der Waals surface area contributed by atoms with Gasteiger partial charge in [0.1, 0.15) is 0 Å². The third-order valence-corrected chi connectivity index (χ3v) is 6.49. The number of nitrogens with one attached hydrogen (secondary N) is 2. The van der Waals surface area contributed by atoms with E-state index in [1.807, 2.05) is 18.5 Å². The SMILES string of the molecule is CCNC(=NCC1(CCOCC)CCCC1)NCCN1CCN(c2ncccn2)CC1.I. The summed E-state index contributed by atoms with van der Waals surface area (Å²) >= 11 is 0. The number of rotatable bonds is 11. The Bertz CT molecular complexity index is 647. The highest BCUT2D eigenvalue weighted by molar-refractivity contribution is 14.0. The van der Waals surface area contributed by atoms with Gasteiger partial charge >= 0.3 is 0 Å². The summed E-state index contributed by atoms with van der Waals surface area (Å²) in [6.45, 7) is 13.6. The van der Waals surface area contributed by atoms with Gasteiger partial charge in [-0.25, -0.2) is 9.97 Å². The zero-order valence-electron chi connectivity index (χ0n) is 19.9. The molecule has 0 radical (unpaired) electrons. The summed E-state index contributed by atoms with van der Waals surface area (Å²) in [4.78, 5) is 18.5. The number of anilines is 1. The summed E-state index contributed by atoms with van der Waals surface area (Å²) in [6.07, 6.45) is 9.95. The molecule has 0 atom stereocenters. The Hall–Kier alpha value is -1.20. The fourth-order valence-electron chi connectivity index (χ4n) is 4.59. The second kappa shape index (κ2) is 14.8. The van der Waals surface area contributed by atoms with E-state index < -0.39 is 0 Å². The zero-order chi connectivity index (χ0) is 21.8. The third kappa shape index (κ3) is 8.62. The summed E-state index contributed by atoms with van der Waals surface area (Å²) in [5.41, 5.74) is 0.327. The molecule has 32 heavy (non-hydrogen) atoms. The first-order valence-corrected chi connectivity index (χ1v) is 12.1. The van der Waals surface area contributed by atoms with Gasteiger partial charge in [0.15, 0.2) is 5.96 Å². The molecule has 0 aromatic carbocycles. The monoisotopic (exact) mass is 559 g/mol. The number of piperazine rings is 1. The minimum Gasteiger partial charge on any atom is -0.382 e. The number of ether oxygens (including phenoxy) is 1. The molecule has 1 saturated heterocycles. The molecule has 1 saturated carbocycles. The smallest absolute Gasteiger partial charge is 0.225 e. The van der Waals surface area contributed by atoms with Crippen molar-refractivity contribution in [2.24, 2.45) is 10.4 Å². The lowest BCUT2D eigenvalue weighted by molar-refractivity contribution is 0.107. The van der Waals surface area contributed by atoms with Gasteiger partial charge in [-0.05, 0) is 44.6 Å². The highest BCUT2D eigenvalue weighted by Crippen LogP contribution is 2.41. The van der Waals surface area contributed by atoms with Gasteiger partial charge in [-0.15, -0.1) is 24.0 Å². The van der Waals surface area contributed by atoms with Gasteiger partial charge in [-0.2, -0.15) is 0 Å². The lowest BCUT2D eigenvalue weighted by Gasteiger charge is -2.34. The standard InChI is InChI=1S/C23H41N7O.HI/c1-3-24-21(28-20-23(8-5-6-9-23)10-19-31-4-2)25-13-14-29-15-17-30(18-16-29)22-26-11-7-12-27-22;/h7,11-12H,3-6,8-10,13-20H2,1-2H3,(H2,24,25,28);1H. The maximum Gasteiger partial charge on any atom is 0.225 e. The number of aliphatic imine (C=N–C) groups is 1. The van der Waals surface area contributed by atoms with Crippen LogP contribution in [0.2, 0.25) is 0 Å². The van der Waals surface area contributed by atoms with Gasteiger partial charge < -0.3 is 20.3 Å². The maximum absolute atomic E-state index is 5.65. The van der Waals surface area contributed by atoms with Crippen molar-refractivity contribution in [2.75, 3.05) is 70.5 Å². The van der Waals surface area contributed by atoms with Gasteiger partial charge in [0, 0.05) is 78.0 Å². The number of nitrogens with zero attached hydrogens (tertiary/aromatic N) is 5. The van der Waals surface area contributed by atoms with Crippen LogP contribution in [0, 0.1) is 5.41 Å². The molecule has 2 fully saturated rings. The van der Waals surface area contributed by atoms with Crippen molar-refractivity contribution in [2.45, 2.75) is 46.0 Å². The van der Waals surface area contributed by atoms with Crippen LogP contribution < -0.4 is 15.5 Å². The third-order valence-electron chi connectivity index (χ3n) is 6.49. The Morgan fingerprint density at radius 1 is 1.09 bits per heavy atom. The molecule has 1 aromatic rings. The molecule has 1 aromatic heterocycles. The fourth-order valence-corrected chi connectivity index (χ4v) is 4.59. The maximum atomic E-state index is 5.65. The highest BCUT2D eigenvalue weighted by atomic mass is 127. The van der Waals surface area contributed by atoms with Crippen molar-refractivity contribution < 1.29 is 4.74 Å². The van der Waals surface area contributed by atoms with Crippen LogP contribution in [0.25, 0.3) is 0 Å². The van der Waals surface area contributed by atoms with Crippen molar-refractivity contribution in [1.82, 2.24) is 25.5 Å². The van der Waals surface area contributed by atoms with E-state index in [-0.39, 0.29) is 24.0 Å². The Labute approximate surface area is 211 Å². The number of hydrogen-bond acceptors (Lipinski definition) is 6. The number of aromatic nitrogens is 2. The predicted molar refractivity (Wildman–Crippen MR) is 142 cm³/mol. The normalized spacial score (nSPS) is 18.9. The Balaban J connectivity index is 0.00000363. The topological polar surface area (TPSA) is 77.9 Å². The van der Waals surface area contributed by atoms with Crippen LogP contribution in [0.5, 0.6) is 0 Å². The first-order valence-electron chi connectivity index (χ1n) is 12.1. The largest absolute Gasteiger partial charge is 0.382 e. The van der Waals surface area contributed by atoms with Crippen LogP contribution in [-0.4, -0.2) is 86.4 Å². The van der Waals surface area contributed by atoms with Crippen LogP contribution in [0.15, 0.2) is 23.5 Å². The molecule has 0 unspecified atom stereocenters. The van der Waals surface area contributed by atoms with Gasteiger partial charge in [0.05, 0.1) is 0 Å². The van der Waals surface area contributed by atoms with Crippen molar-refractivity contribution >= 4 is 35.9 Å². The molecular formula is C23H42IN7O. The Morgan fingerprint density at radius 2 is 1.81 bits per heavy atom. The van der Waals surface area contributed by atoms with Crippen LogP contribution in [-0.2, 0) is 4.74 Å². The van der Waals surface area contributed by atoms with E-state index >= 15 is 0 Å². The zero-order valence-corrected chi connectivity index (χ0v) is 22.2. The first-order chi connectivity index (χ1) is 15.2. The van der Waals surface area contributed by atoms with E-state index in [0.717, 1.165) is 83.9 Å². The molecule has 3 rings (SSSR count). The minimum absolute atomic E-state index is 0. The summed E-state index contributed by atoms with van der Waals surface area (Å²) in [6, 6.07) is 1.86. The van der Waals surface area contributed by atoms with E-state index in [1.165, 1.54) is 25.7 Å².